The zero-order valence-electron chi connectivity index (χ0n) is 17.7. The highest BCUT2D eigenvalue weighted by atomic mass is 32.2. The first-order valence-electron chi connectivity index (χ1n) is 10.2. The molecule has 9 heteroatoms. The lowest BCUT2D eigenvalue weighted by atomic mass is 10.2. The molecule has 1 aliphatic rings. The molecule has 1 saturated heterocycles. The Balaban J connectivity index is 1.60. The Morgan fingerprint density at radius 1 is 0.968 bits per heavy atom. The molecule has 0 aliphatic carbocycles. The Morgan fingerprint density at radius 2 is 1.61 bits per heavy atom. The van der Waals surface area contributed by atoms with E-state index in [4.69, 9.17) is 18.9 Å². The van der Waals surface area contributed by atoms with Crippen molar-refractivity contribution in [3.05, 3.63) is 48.0 Å². The van der Waals surface area contributed by atoms with Crippen LogP contribution in [0.2, 0.25) is 0 Å². The monoisotopic (exact) mass is 449 g/mol. The van der Waals surface area contributed by atoms with Gasteiger partial charge in [0, 0.05) is 13.1 Å². The van der Waals surface area contributed by atoms with Crippen LogP contribution < -0.4 is 14.2 Å². The fraction of sp³-hybridized carbons (Fsp3) is 0.409. The number of carbonyl (C=O) groups is 1. The number of ether oxygens (including phenoxy) is 4. The van der Waals surface area contributed by atoms with E-state index in [9.17, 15) is 13.2 Å². The first-order chi connectivity index (χ1) is 15.0. The quantitative estimate of drug-likeness (QED) is 0.407. The number of methoxy groups -OCH3 is 1. The van der Waals surface area contributed by atoms with Gasteiger partial charge in [0.2, 0.25) is 10.0 Å². The Labute approximate surface area is 182 Å². The predicted octanol–water partition coefficient (Wildman–Crippen LogP) is 3.11. The number of hydrogen-bond acceptors (Lipinski definition) is 7. The van der Waals surface area contributed by atoms with E-state index in [2.05, 4.69) is 0 Å². The maximum atomic E-state index is 12.9. The molecule has 0 spiro atoms. The minimum Gasteiger partial charge on any atom is -0.495 e. The molecule has 0 amide bonds. The average Bonchev–Trinajstić information content (AvgIpc) is 3.33. The SMILES string of the molecule is CCOc1ccc(OCCOC(=O)c2ccc(OC)c(S(=O)(=O)N3CCCC3)c2)cc1. The third-order valence-electron chi connectivity index (χ3n) is 4.80. The average molecular weight is 450 g/mol. The molecular weight excluding hydrogens is 422 g/mol. The lowest BCUT2D eigenvalue weighted by Crippen LogP contribution is -2.28. The molecule has 0 bridgehead atoms. The van der Waals surface area contributed by atoms with Crippen LogP contribution in [0.4, 0.5) is 0 Å². The minimum atomic E-state index is -3.74. The summed E-state index contributed by atoms with van der Waals surface area (Å²) >= 11 is 0. The minimum absolute atomic E-state index is 0.0201. The molecule has 168 valence electrons. The summed E-state index contributed by atoms with van der Waals surface area (Å²) in [6.45, 7) is 3.60. The molecule has 0 atom stereocenters. The van der Waals surface area contributed by atoms with Crippen molar-refractivity contribution in [3.8, 4) is 17.2 Å². The molecule has 2 aromatic carbocycles. The molecule has 0 unspecified atom stereocenters. The summed E-state index contributed by atoms with van der Waals surface area (Å²) in [5.74, 6) is 0.946. The van der Waals surface area contributed by atoms with E-state index < -0.39 is 16.0 Å². The zero-order valence-corrected chi connectivity index (χ0v) is 18.5. The zero-order chi connectivity index (χ0) is 22.3. The molecule has 1 heterocycles. The van der Waals surface area contributed by atoms with Crippen molar-refractivity contribution in [3.63, 3.8) is 0 Å². The Morgan fingerprint density at radius 3 is 2.23 bits per heavy atom. The second kappa shape index (κ2) is 10.5. The van der Waals surface area contributed by atoms with Crippen molar-refractivity contribution in [1.82, 2.24) is 4.31 Å². The van der Waals surface area contributed by atoms with Crippen molar-refractivity contribution >= 4 is 16.0 Å². The number of carbonyl (C=O) groups excluding carboxylic acids is 1. The molecule has 1 aliphatic heterocycles. The summed E-state index contributed by atoms with van der Waals surface area (Å²) in [4.78, 5) is 12.4. The number of hydrogen-bond donors (Lipinski definition) is 0. The second-order valence-electron chi connectivity index (χ2n) is 6.87. The fourth-order valence-corrected chi connectivity index (χ4v) is 4.95. The Hall–Kier alpha value is -2.78. The fourth-order valence-electron chi connectivity index (χ4n) is 3.25. The van der Waals surface area contributed by atoms with Gasteiger partial charge in [0.15, 0.2) is 0 Å². The van der Waals surface area contributed by atoms with E-state index in [-0.39, 0.29) is 29.4 Å². The van der Waals surface area contributed by atoms with Crippen LogP contribution in [-0.2, 0) is 14.8 Å². The number of rotatable bonds is 10. The maximum Gasteiger partial charge on any atom is 0.338 e. The van der Waals surface area contributed by atoms with Gasteiger partial charge in [-0.1, -0.05) is 0 Å². The van der Waals surface area contributed by atoms with Crippen molar-refractivity contribution in [1.29, 1.82) is 0 Å². The predicted molar refractivity (Wildman–Crippen MR) is 114 cm³/mol. The third-order valence-corrected chi connectivity index (χ3v) is 6.72. The van der Waals surface area contributed by atoms with Crippen LogP contribution >= 0.6 is 0 Å². The summed E-state index contributed by atoms with van der Waals surface area (Å²) in [7, 11) is -2.34. The molecule has 0 aromatic heterocycles. The van der Waals surface area contributed by atoms with Gasteiger partial charge in [0.25, 0.3) is 0 Å². The van der Waals surface area contributed by atoms with E-state index in [0.29, 0.717) is 25.4 Å². The van der Waals surface area contributed by atoms with Gasteiger partial charge in [-0.05, 0) is 62.2 Å². The van der Waals surface area contributed by atoms with Crippen LogP contribution in [0.3, 0.4) is 0 Å². The van der Waals surface area contributed by atoms with Gasteiger partial charge >= 0.3 is 5.97 Å². The number of nitrogens with zero attached hydrogens (tertiary/aromatic N) is 1. The maximum absolute atomic E-state index is 12.9. The number of sulfonamides is 1. The number of esters is 1. The standard InChI is InChI=1S/C22H27NO7S/c1-3-28-18-7-9-19(10-8-18)29-14-15-30-22(24)17-6-11-20(27-2)21(16-17)31(25,26)23-12-4-5-13-23/h6-11,16H,3-5,12-15H2,1-2H3. The molecule has 0 N–H and O–H groups in total. The Kier molecular flexibility index (Phi) is 7.75. The topological polar surface area (TPSA) is 91.4 Å². The van der Waals surface area contributed by atoms with Crippen molar-refractivity contribution in [2.75, 3.05) is 40.0 Å². The molecular formula is C22H27NO7S. The van der Waals surface area contributed by atoms with E-state index >= 15 is 0 Å². The summed E-state index contributed by atoms with van der Waals surface area (Å²) in [6, 6.07) is 11.4. The van der Waals surface area contributed by atoms with Gasteiger partial charge in [-0.2, -0.15) is 4.31 Å². The third kappa shape index (κ3) is 5.68. The summed E-state index contributed by atoms with van der Waals surface area (Å²) in [5.41, 5.74) is 0.139. The van der Waals surface area contributed by atoms with Crippen LogP contribution in [-0.4, -0.2) is 58.7 Å². The van der Waals surface area contributed by atoms with Gasteiger partial charge in [0.05, 0.1) is 19.3 Å². The van der Waals surface area contributed by atoms with Crippen molar-refractivity contribution in [2.45, 2.75) is 24.7 Å². The summed E-state index contributed by atoms with van der Waals surface area (Å²) in [6.07, 6.45) is 1.63. The Bertz CT molecular complexity index is 983. The first kappa shape index (κ1) is 22.9. The smallest absolute Gasteiger partial charge is 0.338 e. The normalized spacial score (nSPS) is 14.3. The molecule has 0 saturated carbocycles. The molecule has 0 radical (unpaired) electrons. The first-order valence-corrected chi connectivity index (χ1v) is 11.6. The molecule has 1 fully saturated rings. The van der Waals surface area contributed by atoms with Gasteiger partial charge in [-0.25, -0.2) is 13.2 Å². The molecule has 31 heavy (non-hydrogen) atoms. The van der Waals surface area contributed by atoms with Crippen LogP contribution in [0, 0.1) is 0 Å². The van der Waals surface area contributed by atoms with E-state index in [0.717, 1.165) is 18.6 Å². The van der Waals surface area contributed by atoms with Crippen LogP contribution in [0.1, 0.15) is 30.1 Å². The summed E-state index contributed by atoms with van der Waals surface area (Å²) in [5, 5.41) is 0. The second-order valence-corrected chi connectivity index (χ2v) is 8.77. The van der Waals surface area contributed by atoms with Crippen molar-refractivity contribution in [2.24, 2.45) is 0 Å². The largest absolute Gasteiger partial charge is 0.495 e. The lowest BCUT2D eigenvalue weighted by Gasteiger charge is -2.18. The lowest BCUT2D eigenvalue weighted by molar-refractivity contribution is 0.0450. The van der Waals surface area contributed by atoms with E-state index in [1.807, 2.05) is 6.92 Å². The van der Waals surface area contributed by atoms with E-state index in [1.54, 1.807) is 24.3 Å². The van der Waals surface area contributed by atoms with Crippen LogP contribution in [0.5, 0.6) is 17.2 Å². The summed E-state index contributed by atoms with van der Waals surface area (Å²) < 4.78 is 48.7. The van der Waals surface area contributed by atoms with Crippen LogP contribution in [0.15, 0.2) is 47.4 Å². The van der Waals surface area contributed by atoms with Crippen LogP contribution in [0.25, 0.3) is 0 Å². The van der Waals surface area contributed by atoms with E-state index in [1.165, 1.54) is 29.6 Å². The van der Waals surface area contributed by atoms with Gasteiger partial charge < -0.3 is 18.9 Å². The highest BCUT2D eigenvalue weighted by molar-refractivity contribution is 7.89. The molecule has 2 aromatic rings. The van der Waals surface area contributed by atoms with Gasteiger partial charge in [-0.15, -0.1) is 0 Å². The highest BCUT2D eigenvalue weighted by Gasteiger charge is 2.30. The molecule has 3 rings (SSSR count). The van der Waals surface area contributed by atoms with Crippen molar-refractivity contribution < 1.29 is 32.2 Å². The van der Waals surface area contributed by atoms with Gasteiger partial charge in [0.1, 0.15) is 35.4 Å². The number of benzene rings is 2. The highest BCUT2D eigenvalue weighted by Crippen LogP contribution is 2.30. The van der Waals surface area contributed by atoms with Gasteiger partial charge in [-0.3, -0.25) is 0 Å². The molecule has 8 nitrogen and oxygen atoms in total.